The maximum absolute atomic E-state index is 12.6. The van der Waals surface area contributed by atoms with Crippen LogP contribution in [-0.2, 0) is 22.0 Å². The third kappa shape index (κ3) is 4.33. The summed E-state index contributed by atoms with van der Waals surface area (Å²) in [5, 5.41) is 8.98. The van der Waals surface area contributed by atoms with Crippen molar-refractivity contribution in [2.75, 3.05) is 6.54 Å². The summed E-state index contributed by atoms with van der Waals surface area (Å²) in [6, 6.07) is 3.17. The van der Waals surface area contributed by atoms with Crippen LogP contribution in [0.5, 0.6) is 0 Å². The molecule has 2 rings (SSSR count). The van der Waals surface area contributed by atoms with E-state index in [4.69, 9.17) is 11.5 Å². The molecular weight excluding hydrogens is 331 g/mol. The summed E-state index contributed by atoms with van der Waals surface area (Å²) in [7, 11) is -1.94. The fraction of sp³-hybridized carbons (Fsp3) is 0.400. The van der Waals surface area contributed by atoms with Gasteiger partial charge in [0.1, 0.15) is 17.5 Å². The van der Waals surface area contributed by atoms with Gasteiger partial charge in [0.25, 0.3) is 0 Å². The number of alkyl halides is 3. The number of hydrogen-bond donors (Lipinski definition) is 1. The molecule has 1 fully saturated rings. The Morgan fingerprint density at radius 2 is 1.96 bits per heavy atom. The van der Waals surface area contributed by atoms with Crippen LogP contribution in [-0.4, -0.2) is 32.2 Å². The fourth-order valence-electron chi connectivity index (χ4n) is 2.16. The Morgan fingerprint density at radius 3 is 2.35 bits per heavy atom. The zero-order valence-electron chi connectivity index (χ0n) is 11.9. The van der Waals surface area contributed by atoms with Gasteiger partial charge in [0.05, 0.1) is 16.5 Å². The number of hydrogen-bond acceptors (Lipinski definition) is 2. The second-order valence-corrected chi connectivity index (χ2v) is 6.63. The summed E-state index contributed by atoms with van der Waals surface area (Å²) in [4.78, 5) is 11.1. The van der Waals surface area contributed by atoms with E-state index in [0.717, 1.165) is 41.4 Å². The Hall–Kier alpha value is -1.85. The van der Waals surface area contributed by atoms with Gasteiger partial charge in [0.2, 0.25) is 0 Å². The van der Waals surface area contributed by atoms with Crippen molar-refractivity contribution < 1.29 is 27.3 Å². The monoisotopic (exact) mass is 345 g/mol. The highest BCUT2D eigenvalue weighted by atomic mass is 32.2. The van der Waals surface area contributed by atoms with Crippen LogP contribution < -0.4 is 0 Å². The van der Waals surface area contributed by atoms with Crippen molar-refractivity contribution in [3.63, 3.8) is 0 Å². The maximum Gasteiger partial charge on any atom is 0.416 e. The zero-order chi connectivity index (χ0) is 17.2. The van der Waals surface area contributed by atoms with Gasteiger partial charge in [-0.05, 0) is 43.0 Å². The van der Waals surface area contributed by atoms with Crippen molar-refractivity contribution in [1.29, 1.82) is 0 Å². The first-order valence-corrected chi connectivity index (χ1v) is 7.88. The average molecular weight is 345 g/mol. The summed E-state index contributed by atoms with van der Waals surface area (Å²) in [6.07, 6.45) is 2.56. The lowest BCUT2D eigenvalue weighted by molar-refractivity contribution is -0.138. The molecule has 1 aliphatic rings. The number of aliphatic carboxylic acids is 1. The Bertz CT molecular complexity index is 647. The first-order chi connectivity index (χ1) is 10.7. The molecule has 1 aromatic rings. The molecule has 8 heteroatoms. The molecule has 0 heterocycles. The standard InChI is InChI=1S/C15H14F3NO3S/c1-2-13(10-3-4-10)19(9-14(20)21)23(22)12-7-5-11(6-8-12)15(16,17)18/h1,5-8,10,13H,3-4,9H2,(H,20,21). The van der Waals surface area contributed by atoms with E-state index >= 15 is 0 Å². The van der Waals surface area contributed by atoms with Crippen LogP contribution in [0.4, 0.5) is 13.2 Å². The largest absolute Gasteiger partial charge is 0.480 e. The molecule has 0 spiro atoms. The summed E-state index contributed by atoms with van der Waals surface area (Å²) < 4.78 is 51.4. The van der Waals surface area contributed by atoms with E-state index in [1.54, 1.807) is 0 Å². The van der Waals surface area contributed by atoms with Gasteiger partial charge in [-0.25, -0.2) is 4.21 Å². The molecule has 2 atom stereocenters. The van der Waals surface area contributed by atoms with Gasteiger partial charge in [0, 0.05) is 0 Å². The van der Waals surface area contributed by atoms with E-state index in [1.165, 1.54) is 0 Å². The summed E-state index contributed by atoms with van der Waals surface area (Å²) in [5.41, 5.74) is -0.862. The van der Waals surface area contributed by atoms with Crippen molar-refractivity contribution >= 4 is 17.0 Å². The van der Waals surface area contributed by atoms with Gasteiger partial charge in [-0.15, -0.1) is 6.42 Å². The number of halogens is 3. The number of benzene rings is 1. The highest BCUT2D eigenvalue weighted by Crippen LogP contribution is 2.36. The number of carboxylic acids is 1. The quantitative estimate of drug-likeness (QED) is 0.806. The van der Waals surface area contributed by atoms with Crippen molar-refractivity contribution in [2.45, 2.75) is 30.0 Å². The summed E-state index contributed by atoms with van der Waals surface area (Å²) in [5.74, 6) is 1.31. The van der Waals surface area contributed by atoms with Gasteiger partial charge < -0.3 is 5.11 Å². The molecule has 0 aliphatic heterocycles. The number of carbonyl (C=O) groups is 1. The predicted molar refractivity (Wildman–Crippen MR) is 77.5 cm³/mol. The third-order valence-electron chi connectivity index (χ3n) is 3.44. The maximum atomic E-state index is 12.6. The summed E-state index contributed by atoms with van der Waals surface area (Å²) >= 11 is 0. The van der Waals surface area contributed by atoms with E-state index in [9.17, 15) is 22.2 Å². The van der Waals surface area contributed by atoms with E-state index in [-0.39, 0.29) is 10.8 Å². The Labute approximate surface area is 133 Å². The minimum Gasteiger partial charge on any atom is -0.480 e. The molecule has 0 amide bonds. The number of rotatable bonds is 6. The molecule has 0 radical (unpaired) electrons. The first-order valence-electron chi connectivity index (χ1n) is 6.77. The lowest BCUT2D eigenvalue weighted by atomic mass is 10.2. The van der Waals surface area contributed by atoms with Gasteiger partial charge in [0.15, 0.2) is 0 Å². The highest BCUT2D eigenvalue weighted by Gasteiger charge is 2.38. The molecule has 4 nitrogen and oxygen atoms in total. The normalized spacial score (nSPS) is 17.5. The van der Waals surface area contributed by atoms with Crippen molar-refractivity contribution in [3.05, 3.63) is 29.8 Å². The van der Waals surface area contributed by atoms with Gasteiger partial charge >= 0.3 is 12.1 Å². The van der Waals surface area contributed by atoms with Crippen LogP contribution >= 0.6 is 0 Å². The average Bonchev–Trinajstić information content (AvgIpc) is 3.30. The lowest BCUT2D eigenvalue weighted by Gasteiger charge is -2.25. The molecule has 0 bridgehead atoms. The molecule has 124 valence electrons. The Kier molecular flexibility index (Phi) is 5.12. The predicted octanol–water partition coefficient (Wildman–Crippen LogP) is 2.53. The van der Waals surface area contributed by atoms with E-state index < -0.39 is 41.3 Å². The molecule has 1 aliphatic carbocycles. The third-order valence-corrected chi connectivity index (χ3v) is 4.89. The van der Waals surface area contributed by atoms with Gasteiger partial charge in [-0.3, -0.25) is 4.79 Å². The first kappa shape index (κ1) is 17.5. The van der Waals surface area contributed by atoms with E-state index in [1.807, 2.05) is 0 Å². The summed E-state index contributed by atoms with van der Waals surface area (Å²) in [6.45, 7) is -0.543. The number of carboxylic acid groups (broad SMARTS) is 1. The zero-order valence-corrected chi connectivity index (χ0v) is 12.7. The van der Waals surface area contributed by atoms with Crippen LogP contribution in [0.15, 0.2) is 29.2 Å². The van der Waals surface area contributed by atoms with Crippen molar-refractivity contribution in [1.82, 2.24) is 4.31 Å². The Balaban J connectivity index is 2.26. The lowest BCUT2D eigenvalue weighted by Crippen LogP contribution is -2.41. The van der Waals surface area contributed by atoms with Crippen LogP contribution in [0, 0.1) is 18.3 Å². The van der Waals surface area contributed by atoms with E-state index in [0.29, 0.717) is 0 Å². The minimum atomic E-state index is -4.49. The van der Waals surface area contributed by atoms with Crippen LogP contribution in [0.1, 0.15) is 18.4 Å². The Morgan fingerprint density at radius 1 is 1.39 bits per heavy atom. The fourth-order valence-corrected chi connectivity index (χ4v) is 3.46. The molecule has 23 heavy (non-hydrogen) atoms. The SMILES string of the molecule is C#CC(C1CC1)N(CC(=O)O)S(=O)c1ccc(C(F)(F)F)cc1. The molecule has 1 aromatic carbocycles. The topological polar surface area (TPSA) is 57.6 Å². The van der Waals surface area contributed by atoms with Crippen molar-refractivity contribution in [2.24, 2.45) is 5.92 Å². The van der Waals surface area contributed by atoms with Crippen LogP contribution in [0.2, 0.25) is 0 Å². The van der Waals surface area contributed by atoms with Crippen LogP contribution in [0.25, 0.3) is 0 Å². The number of terminal acetylenes is 1. The van der Waals surface area contributed by atoms with E-state index in [2.05, 4.69) is 5.92 Å². The highest BCUT2D eigenvalue weighted by molar-refractivity contribution is 7.82. The van der Waals surface area contributed by atoms with Crippen molar-refractivity contribution in [3.8, 4) is 12.3 Å². The molecular formula is C15H14F3NO3S. The smallest absolute Gasteiger partial charge is 0.416 e. The molecule has 2 unspecified atom stereocenters. The molecule has 1 N–H and O–H groups in total. The van der Waals surface area contributed by atoms with Crippen LogP contribution in [0.3, 0.4) is 0 Å². The molecule has 0 aromatic heterocycles. The molecule has 1 saturated carbocycles. The van der Waals surface area contributed by atoms with Gasteiger partial charge in [-0.1, -0.05) is 5.92 Å². The second-order valence-electron chi connectivity index (χ2n) is 5.19. The van der Waals surface area contributed by atoms with Gasteiger partial charge in [-0.2, -0.15) is 17.5 Å². The molecule has 0 saturated heterocycles. The minimum absolute atomic E-state index is 0.0674. The number of nitrogens with zero attached hydrogens (tertiary/aromatic N) is 1. The second kappa shape index (κ2) is 6.72.